The Morgan fingerprint density at radius 2 is 1.95 bits per heavy atom. The molecular weight excluding hydrogens is 364 g/mol. The van der Waals surface area contributed by atoms with Crippen molar-refractivity contribution in [3.05, 3.63) is 57.5 Å². The summed E-state index contributed by atoms with van der Waals surface area (Å²) in [5.41, 5.74) is 7.11. The van der Waals surface area contributed by atoms with E-state index in [0.29, 0.717) is 22.0 Å². The van der Waals surface area contributed by atoms with Gasteiger partial charge in [-0.25, -0.2) is 8.42 Å². The molecule has 0 atom stereocenters. The van der Waals surface area contributed by atoms with Gasteiger partial charge in [0.1, 0.15) is 0 Å². The molecule has 0 aliphatic rings. The van der Waals surface area contributed by atoms with Gasteiger partial charge in [0, 0.05) is 10.2 Å². The number of benzene rings is 2. The van der Waals surface area contributed by atoms with E-state index < -0.39 is 10.0 Å². The number of sulfonamides is 1. The third-order valence-electron chi connectivity index (χ3n) is 2.50. The summed E-state index contributed by atoms with van der Waals surface area (Å²) in [6.07, 6.45) is 0. The molecule has 106 valence electrons. The Morgan fingerprint density at radius 1 is 1.20 bits per heavy atom. The first-order valence-corrected chi connectivity index (χ1v) is 8.48. The molecule has 0 aliphatic carbocycles. The van der Waals surface area contributed by atoms with Gasteiger partial charge >= 0.3 is 0 Å². The van der Waals surface area contributed by atoms with Crippen LogP contribution < -0.4 is 10.5 Å². The topological polar surface area (TPSA) is 72.2 Å². The fourth-order valence-corrected chi connectivity index (χ4v) is 3.46. The summed E-state index contributed by atoms with van der Waals surface area (Å²) >= 11 is 9.23. The molecule has 0 spiro atoms. The third-order valence-corrected chi connectivity index (χ3v) is 4.57. The lowest BCUT2D eigenvalue weighted by Gasteiger charge is -2.10. The highest BCUT2D eigenvalue weighted by Gasteiger charge is 2.14. The second-order valence-corrected chi connectivity index (χ2v) is 7.28. The minimum atomic E-state index is -3.55. The molecule has 7 heteroatoms. The molecule has 0 unspecified atom stereocenters. The SMILES string of the molecule is Nc1cccc(CS(=O)(=O)Nc2cc(Br)ccc2Cl)c1. The lowest BCUT2D eigenvalue weighted by molar-refractivity contribution is 0.600. The molecule has 0 saturated heterocycles. The Balaban J connectivity index is 2.21. The van der Waals surface area contributed by atoms with Crippen LogP contribution in [0.1, 0.15) is 5.56 Å². The lowest BCUT2D eigenvalue weighted by Crippen LogP contribution is -2.15. The molecule has 3 N–H and O–H groups in total. The summed E-state index contributed by atoms with van der Waals surface area (Å²) < 4.78 is 27.4. The zero-order chi connectivity index (χ0) is 14.8. The van der Waals surface area contributed by atoms with E-state index in [1.807, 2.05) is 0 Å². The Morgan fingerprint density at radius 3 is 2.65 bits per heavy atom. The highest BCUT2D eigenvalue weighted by atomic mass is 79.9. The van der Waals surface area contributed by atoms with Crippen molar-refractivity contribution in [3.63, 3.8) is 0 Å². The summed E-state index contributed by atoms with van der Waals surface area (Å²) in [4.78, 5) is 0. The number of halogens is 2. The van der Waals surface area contributed by atoms with E-state index in [4.69, 9.17) is 17.3 Å². The molecule has 2 aromatic carbocycles. The van der Waals surface area contributed by atoms with Crippen molar-refractivity contribution in [1.29, 1.82) is 0 Å². The predicted octanol–water partition coefficient (Wildman–Crippen LogP) is 3.63. The normalized spacial score (nSPS) is 11.3. The van der Waals surface area contributed by atoms with E-state index in [2.05, 4.69) is 20.7 Å². The number of anilines is 2. The van der Waals surface area contributed by atoms with Crippen LogP contribution in [0.2, 0.25) is 5.02 Å². The summed E-state index contributed by atoms with van der Waals surface area (Å²) in [5.74, 6) is -0.166. The van der Waals surface area contributed by atoms with E-state index in [1.54, 1.807) is 42.5 Å². The molecule has 0 radical (unpaired) electrons. The second-order valence-electron chi connectivity index (χ2n) is 4.23. The van der Waals surface area contributed by atoms with Gasteiger partial charge in [0.05, 0.1) is 16.5 Å². The van der Waals surface area contributed by atoms with Crippen LogP contribution in [0.3, 0.4) is 0 Å². The van der Waals surface area contributed by atoms with Crippen LogP contribution in [0, 0.1) is 0 Å². The number of nitrogens with one attached hydrogen (secondary N) is 1. The smallest absolute Gasteiger partial charge is 0.236 e. The van der Waals surface area contributed by atoms with Crippen molar-refractivity contribution in [3.8, 4) is 0 Å². The minimum absolute atomic E-state index is 0.166. The zero-order valence-corrected chi connectivity index (χ0v) is 13.5. The molecule has 0 heterocycles. The van der Waals surface area contributed by atoms with Crippen molar-refractivity contribution in [2.24, 2.45) is 0 Å². The van der Waals surface area contributed by atoms with Gasteiger partial charge in [0.2, 0.25) is 10.0 Å². The number of nitrogens with two attached hydrogens (primary N) is 1. The summed E-state index contributed by atoms with van der Waals surface area (Å²) in [6, 6.07) is 11.7. The molecule has 0 amide bonds. The Kier molecular flexibility index (Phi) is 4.57. The molecular formula is C13H12BrClN2O2S. The lowest BCUT2D eigenvalue weighted by atomic mass is 10.2. The largest absolute Gasteiger partial charge is 0.399 e. The van der Waals surface area contributed by atoms with Gasteiger partial charge in [-0.05, 0) is 35.9 Å². The van der Waals surface area contributed by atoms with Crippen molar-refractivity contribution in [2.45, 2.75) is 5.75 Å². The van der Waals surface area contributed by atoms with Gasteiger partial charge in [0.15, 0.2) is 0 Å². The maximum atomic E-state index is 12.1. The van der Waals surface area contributed by atoms with Crippen LogP contribution in [-0.4, -0.2) is 8.42 Å². The van der Waals surface area contributed by atoms with E-state index in [1.165, 1.54) is 0 Å². The zero-order valence-electron chi connectivity index (χ0n) is 10.3. The van der Waals surface area contributed by atoms with Gasteiger partial charge in [0.25, 0.3) is 0 Å². The fraction of sp³-hybridized carbons (Fsp3) is 0.0769. The molecule has 0 bridgehead atoms. The minimum Gasteiger partial charge on any atom is -0.399 e. The molecule has 2 aromatic rings. The summed E-state index contributed by atoms with van der Waals surface area (Å²) in [7, 11) is -3.55. The fourth-order valence-electron chi connectivity index (χ4n) is 1.68. The number of hydrogen-bond donors (Lipinski definition) is 2. The second kappa shape index (κ2) is 6.03. The Labute approximate surface area is 131 Å². The van der Waals surface area contributed by atoms with E-state index in [-0.39, 0.29) is 5.75 Å². The van der Waals surface area contributed by atoms with E-state index in [0.717, 1.165) is 4.47 Å². The Hall–Kier alpha value is -1.24. The van der Waals surface area contributed by atoms with Crippen LogP contribution >= 0.6 is 27.5 Å². The van der Waals surface area contributed by atoms with Crippen LogP contribution in [0.25, 0.3) is 0 Å². The maximum absolute atomic E-state index is 12.1. The predicted molar refractivity (Wildman–Crippen MR) is 86.3 cm³/mol. The Bertz CT molecular complexity index is 735. The van der Waals surface area contributed by atoms with Gasteiger partial charge in [-0.3, -0.25) is 4.72 Å². The highest BCUT2D eigenvalue weighted by Crippen LogP contribution is 2.27. The van der Waals surface area contributed by atoms with Crippen LogP contribution in [0.15, 0.2) is 46.9 Å². The average molecular weight is 376 g/mol. The van der Waals surface area contributed by atoms with Gasteiger partial charge in [-0.1, -0.05) is 39.7 Å². The highest BCUT2D eigenvalue weighted by molar-refractivity contribution is 9.10. The molecule has 4 nitrogen and oxygen atoms in total. The summed E-state index contributed by atoms with van der Waals surface area (Å²) in [6.45, 7) is 0. The van der Waals surface area contributed by atoms with E-state index >= 15 is 0 Å². The molecule has 0 saturated carbocycles. The molecule has 0 fully saturated rings. The number of rotatable bonds is 4. The first kappa shape index (κ1) is 15.2. The van der Waals surface area contributed by atoms with Gasteiger partial charge < -0.3 is 5.73 Å². The maximum Gasteiger partial charge on any atom is 0.236 e. The van der Waals surface area contributed by atoms with Crippen molar-refractivity contribution < 1.29 is 8.42 Å². The first-order chi connectivity index (χ1) is 9.35. The van der Waals surface area contributed by atoms with E-state index in [9.17, 15) is 8.42 Å². The molecule has 20 heavy (non-hydrogen) atoms. The van der Waals surface area contributed by atoms with Crippen LogP contribution in [0.5, 0.6) is 0 Å². The van der Waals surface area contributed by atoms with Crippen LogP contribution in [0.4, 0.5) is 11.4 Å². The average Bonchev–Trinajstić information content (AvgIpc) is 2.33. The third kappa shape index (κ3) is 4.13. The first-order valence-electron chi connectivity index (χ1n) is 5.66. The van der Waals surface area contributed by atoms with Gasteiger partial charge in [-0.15, -0.1) is 0 Å². The van der Waals surface area contributed by atoms with Crippen molar-refractivity contribution in [1.82, 2.24) is 0 Å². The number of nitrogen functional groups attached to an aromatic ring is 1. The standard InChI is InChI=1S/C13H12BrClN2O2S/c14-10-4-5-12(15)13(7-10)17-20(18,19)8-9-2-1-3-11(16)6-9/h1-7,17H,8,16H2. The number of hydrogen-bond acceptors (Lipinski definition) is 3. The summed E-state index contributed by atoms with van der Waals surface area (Å²) in [5, 5.41) is 0.337. The molecule has 0 aromatic heterocycles. The van der Waals surface area contributed by atoms with Gasteiger partial charge in [-0.2, -0.15) is 0 Å². The van der Waals surface area contributed by atoms with Crippen molar-refractivity contribution >= 4 is 48.9 Å². The van der Waals surface area contributed by atoms with Crippen LogP contribution in [-0.2, 0) is 15.8 Å². The van der Waals surface area contributed by atoms with Crippen molar-refractivity contribution in [2.75, 3.05) is 10.5 Å². The quantitative estimate of drug-likeness (QED) is 0.802. The molecule has 2 rings (SSSR count). The monoisotopic (exact) mass is 374 g/mol. The molecule has 0 aliphatic heterocycles.